The lowest BCUT2D eigenvalue weighted by atomic mass is 10.1. The van der Waals surface area contributed by atoms with Crippen LogP contribution in [0, 0.1) is 6.92 Å². The summed E-state index contributed by atoms with van der Waals surface area (Å²) in [5.41, 5.74) is 2.24. The second-order valence-electron chi connectivity index (χ2n) is 4.42. The maximum atomic E-state index is 11.4. The molecule has 0 radical (unpaired) electrons. The molecule has 100 valence electrons. The molecule has 1 aromatic rings. The van der Waals surface area contributed by atoms with Crippen molar-refractivity contribution in [2.45, 2.75) is 26.4 Å². The first-order valence-electron chi connectivity index (χ1n) is 5.91. The van der Waals surface area contributed by atoms with Gasteiger partial charge in [0, 0.05) is 6.54 Å². The van der Waals surface area contributed by atoms with Crippen molar-refractivity contribution in [2.75, 3.05) is 21.3 Å². The number of likely N-dealkylation sites (N-methyl/N-ethyl adjacent to an activating group) is 1. The fraction of sp³-hybridized carbons (Fsp3) is 0.500. The van der Waals surface area contributed by atoms with Gasteiger partial charge in [-0.1, -0.05) is 12.1 Å². The molecule has 0 spiro atoms. The molecule has 0 aliphatic heterocycles. The summed E-state index contributed by atoms with van der Waals surface area (Å²) in [6.07, 6.45) is 0. The standard InChI is InChI=1S/C14H21NO3/c1-10-8-12(6-7-13(10)17-4)9-15(3)11(2)14(16)18-5/h6-8,11H,9H2,1-5H3. The van der Waals surface area contributed by atoms with Crippen LogP contribution in [0.15, 0.2) is 18.2 Å². The van der Waals surface area contributed by atoms with Crippen LogP contribution in [0.5, 0.6) is 5.75 Å². The number of aryl methyl sites for hydroxylation is 1. The molecule has 0 aromatic heterocycles. The first kappa shape index (κ1) is 14.5. The lowest BCUT2D eigenvalue weighted by Crippen LogP contribution is -2.36. The summed E-state index contributed by atoms with van der Waals surface area (Å²) in [5.74, 6) is 0.658. The van der Waals surface area contributed by atoms with Crippen molar-refractivity contribution in [1.82, 2.24) is 4.90 Å². The zero-order chi connectivity index (χ0) is 13.7. The molecule has 0 fully saturated rings. The Kier molecular flexibility index (Phi) is 5.16. The molecule has 0 aliphatic rings. The number of rotatable bonds is 5. The average molecular weight is 251 g/mol. The molecule has 4 heteroatoms. The van der Waals surface area contributed by atoms with Crippen molar-refractivity contribution in [3.05, 3.63) is 29.3 Å². The van der Waals surface area contributed by atoms with Gasteiger partial charge in [0.1, 0.15) is 11.8 Å². The van der Waals surface area contributed by atoms with Gasteiger partial charge >= 0.3 is 5.97 Å². The Morgan fingerprint density at radius 2 is 2.06 bits per heavy atom. The van der Waals surface area contributed by atoms with Gasteiger partial charge < -0.3 is 9.47 Å². The van der Waals surface area contributed by atoms with Gasteiger partial charge in [0.2, 0.25) is 0 Å². The minimum absolute atomic E-state index is 0.220. The van der Waals surface area contributed by atoms with Crippen LogP contribution in [-0.4, -0.2) is 38.2 Å². The molecule has 18 heavy (non-hydrogen) atoms. The largest absolute Gasteiger partial charge is 0.496 e. The summed E-state index contributed by atoms with van der Waals surface area (Å²) in [5, 5.41) is 0. The number of hydrogen-bond donors (Lipinski definition) is 0. The molecule has 0 amide bonds. The molecule has 0 heterocycles. The summed E-state index contributed by atoms with van der Waals surface area (Å²) in [7, 11) is 4.97. The van der Waals surface area contributed by atoms with Crippen LogP contribution in [0.4, 0.5) is 0 Å². The summed E-state index contributed by atoms with van der Waals surface area (Å²) >= 11 is 0. The molecule has 0 N–H and O–H groups in total. The minimum atomic E-state index is -0.252. The Bertz CT molecular complexity index is 418. The van der Waals surface area contributed by atoms with E-state index in [0.29, 0.717) is 6.54 Å². The smallest absolute Gasteiger partial charge is 0.322 e. The summed E-state index contributed by atoms with van der Waals surface area (Å²) < 4.78 is 9.95. The molecule has 0 saturated carbocycles. The molecule has 1 aromatic carbocycles. The molecular weight excluding hydrogens is 230 g/mol. The Hall–Kier alpha value is -1.55. The van der Waals surface area contributed by atoms with E-state index in [1.807, 2.05) is 37.9 Å². The number of methoxy groups -OCH3 is 2. The number of carbonyl (C=O) groups is 1. The van der Waals surface area contributed by atoms with Crippen molar-refractivity contribution in [3.8, 4) is 5.75 Å². The first-order chi connectivity index (χ1) is 8.49. The quantitative estimate of drug-likeness (QED) is 0.750. The van der Waals surface area contributed by atoms with E-state index >= 15 is 0 Å². The number of nitrogens with zero attached hydrogens (tertiary/aromatic N) is 1. The fourth-order valence-corrected chi connectivity index (χ4v) is 1.81. The third-order valence-electron chi connectivity index (χ3n) is 3.09. The minimum Gasteiger partial charge on any atom is -0.496 e. The highest BCUT2D eigenvalue weighted by Gasteiger charge is 2.18. The maximum absolute atomic E-state index is 11.4. The number of esters is 1. The van der Waals surface area contributed by atoms with Crippen molar-refractivity contribution >= 4 is 5.97 Å². The van der Waals surface area contributed by atoms with E-state index in [1.165, 1.54) is 7.11 Å². The van der Waals surface area contributed by atoms with Gasteiger partial charge in [0.25, 0.3) is 0 Å². The van der Waals surface area contributed by atoms with Crippen LogP contribution in [0.2, 0.25) is 0 Å². The van der Waals surface area contributed by atoms with Crippen LogP contribution < -0.4 is 4.74 Å². The Morgan fingerprint density at radius 3 is 2.56 bits per heavy atom. The second kappa shape index (κ2) is 6.40. The molecule has 4 nitrogen and oxygen atoms in total. The van der Waals surface area contributed by atoms with E-state index in [-0.39, 0.29) is 12.0 Å². The highest BCUT2D eigenvalue weighted by molar-refractivity contribution is 5.75. The third kappa shape index (κ3) is 3.47. The van der Waals surface area contributed by atoms with Gasteiger partial charge in [0.05, 0.1) is 14.2 Å². The van der Waals surface area contributed by atoms with Crippen molar-refractivity contribution in [2.24, 2.45) is 0 Å². The Labute approximate surface area is 108 Å². The molecule has 0 bridgehead atoms. The highest BCUT2D eigenvalue weighted by Crippen LogP contribution is 2.19. The molecule has 0 saturated heterocycles. The van der Waals surface area contributed by atoms with Crippen LogP contribution in [0.25, 0.3) is 0 Å². The topological polar surface area (TPSA) is 38.8 Å². The number of benzene rings is 1. The van der Waals surface area contributed by atoms with Gasteiger partial charge in [0.15, 0.2) is 0 Å². The zero-order valence-electron chi connectivity index (χ0n) is 11.7. The Morgan fingerprint density at radius 1 is 1.39 bits per heavy atom. The first-order valence-corrected chi connectivity index (χ1v) is 5.91. The van der Waals surface area contributed by atoms with Crippen LogP contribution in [-0.2, 0) is 16.1 Å². The van der Waals surface area contributed by atoms with E-state index < -0.39 is 0 Å². The lowest BCUT2D eigenvalue weighted by molar-refractivity contribution is -0.145. The van der Waals surface area contributed by atoms with Gasteiger partial charge in [-0.25, -0.2) is 0 Å². The lowest BCUT2D eigenvalue weighted by Gasteiger charge is -2.22. The predicted octanol–water partition coefficient (Wildman–Crippen LogP) is 2.00. The van der Waals surface area contributed by atoms with Gasteiger partial charge in [-0.15, -0.1) is 0 Å². The Balaban J connectivity index is 2.73. The third-order valence-corrected chi connectivity index (χ3v) is 3.09. The van der Waals surface area contributed by atoms with Gasteiger partial charge in [-0.3, -0.25) is 9.69 Å². The van der Waals surface area contributed by atoms with E-state index in [1.54, 1.807) is 7.11 Å². The van der Waals surface area contributed by atoms with Crippen molar-refractivity contribution < 1.29 is 14.3 Å². The van der Waals surface area contributed by atoms with E-state index in [9.17, 15) is 4.79 Å². The number of ether oxygens (including phenoxy) is 2. The summed E-state index contributed by atoms with van der Waals surface area (Å²) in [6, 6.07) is 5.77. The van der Waals surface area contributed by atoms with Crippen LogP contribution >= 0.6 is 0 Å². The molecule has 1 rings (SSSR count). The summed E-state index contributed by atoms with van der Waals surface area (Å²) in [4.78, 5) is 13.4. The fourth-order valence-electron chi connectivity index (χ4n) is 1.81. The monoisotopic (exact) mass is 251 g/mol. The summed E-state index contributed by atoms with van der Waals surface area (Å²) in [6.45, 7) is 4.54. The predicted molar refractivity (Wildman–Crippen MR) is 70.7 cm³/mol. The normalized spacial score (nSPS) is 12.3. The SMILES string of the molecule is COC(=O)C(C)N(C)Cc1ccc(OC)c(C)c1. The van der Waals surface area contributed by atoms with Crippen molar-refractivity contribution in [1.29, 1.82) is 0 Å². The maximum Gasteiger partial charge on any atom is 0.322 e. The molecular formula is C14H21NO3. The number of hydrogen-bond acceptors (Lipinski definition) is 4. The van der Waals surface area contributed by atoms with Gasteiger partial charge in [-0.2, -0.15) is 0 Å². The van der Waals surface area contributed by atoms with Crippen LogP contribution in [0.1, 0.15) is 18.1 Å². The molecule has 1 unspecified atom stereocenters. The zero-order valence-corrected chi connectivity index (χ0v) is 11.7. The molecule has 1 atom stereocenters. The van der Waals surface area contributed by atoms with Crippen molar-refractivity contribution in [3.63, 3.8) is 0 Å². The highest BCUT2D eigenvalue weighted by atomic mass is 16.5. The van der Waals surface area contributed by atoms with E-state index in [2.05, 4.69) is 6.07 Å². The van der Waals surface area contributed by atoms with E-state index in [0.717, 1.165) is 16.9 Å². The van der Waals surface area contributed by atoms with E-state index in [4.69, 9.17) is 9.47 Å². The second-order valence-corrected chi connectivity index (χ2v) is 4.42. The number of carbonyl (C=O) groups excluding carboxylic acids is 1. The molecule has 0 aliphatic carbocycles. The average Bonchev–Trinajstić information content (AvgIpc) is 2.37. The van der Waals surface area contributed by atoms with Gasteiger partial charge in [-0.05, 0) is 38.1 Å². The van der Waals surface area contributed by atoms with Crippen LogP contribution in [0.3, 0.4) is 0 Å².